The van der Waals surface area contributed by atoms with Gasteiger partial charge in [0.2, 0.25) is 0 Å². The fourth-order valence-corrected chi connectivity index (χ4v) is 1.86. The Kier molecular flexibility index (Phi) is 6.90. The molecule has 3 heteroatoms. The van der Waals surface area contributed by atoms with Crippen molar-refractivity contribution in [3.8, 4) is 0 Å². The summed E-state index contributed by atoms with van der Waals surface area (Å²) in [4.78, 5) is 11.7. The van der Waals surface area contributed by atoms with Crippen LogP contribution in [0.2, 0.25) is 5.02 Å². The van der Waals surface area contributed by atoms with Crippen molar-refractivity contribution in [1.82, 2.24) is 0 Å². The molecule has 1 aromatic carbocycles. The average molecular weight is 254 g/mol. The number of carbonyl (C=O) groups excluding carboxylic acids is 1. The van der Waals surface area contributed by atoms with Crippen molar-refractivity contribution in [2.45, 2.75) is 38.5 Å². The molecule has 1 rings (SSSR count). The van der Waals surface area contributed by atoms with E-state index in [-0.39, 0.29) is 0 Å². The van der Waals surface area contributed by atoms with Crippen molar-refractivity contribution in [1.29, 1.82) is 0 Å². The van der Waals surface area contributed by atoms with Crippen molar-refractivity contribution in [2.75, 3.05) is 6.54 Å². The first kappa shape index (κ1) is 14.2. The van der Waals surface area contributed by atoms with Gasteiger partial charge in [0, 0.05) is 17.9 Å². The van der Waals surface area contributed by atoms with Gasteiger partial charge in [-0.2, -0.15) is 0 Å². The summed E-state index contributed by atoms with van der Waals surface area (Å²) in [7, 11) is 0. The normalized spacial score (nSPS) is 10.5. The summed E-state index contributed by atoms with van der Waals surface area (Å²) in [6.07, 6.45) is 5.47. The molecular formula is C14H20ClNO. The zero-order valence-electron chi connectivity index (χ0n) is 10.1. The molecule has 2 nitrogen and oxygen atoms in total. The van der Waals surface area contributed by atoms with E-state index in [9.17, 15) is 4.79 Å². The second-order valence-corrected chi connectivity index (χ2v) is 4.73. The number of ketones is 1. The summed E-state index contributed by atoms with van der Waals surface area (Å²) >= 11 is 5.79. The quantitative estimate of drug-likeness (QED) is 0.722. The number of unbranched alkanes of at least 4 members (excludes halogenated alkanes) is 3. The molecule has 0 bridgehead atoms. The molecular weight excluding hydrogens is 234 g/mol. The van der Waals surface area contributed by atoms with Gasteiger partial charge in [0.15, 0.2) is 0 Å². The highest BCUT2D eigenvalue weighted by atomic mass is 35.5. The van der Waals surface area contributed by atoms with Crippen LogP contribution in [-0.2, 0) is 11.2 Å². The van der Waals surface area contributed by atoms with Gasteiger partial charge in [0.1, 0.15) is 5.78 Å². The third-order valence-corrected chi connectivity index (χ3v) is 2.98. The van der Waals surface area contributed by atoms with Crippen LogP contribution >= 0.6 is 11.6 Å². The highest BCUT2D eigenvalue weighted by molar-refractivity contribution is 6.30. The lowest BCUT2D eigenvalue weighted by Crippen LogP contribution is -2.03. The molecule has 0 aliphatic rings. The molecule has 0 heterocycles. The second kappa shape index (κ2) is 8.26. The third-order valence-electron chi connectivity index (χ3n) is 2.72. The van der Waals surface area contributed by atoms with Crippen LogP contribution in [0, 0.1) is 0 Å². The summed E-state index contributed by atoms with van der Waals surface area (Å²) in [5, 5.41) is 0.711. The van der Waals surface area contributed by atoms with E-state index in [1.165, 1.54) is 0 Å². The summed E-state index contributed by atoms with van der Waals surface area (Å²) < 4.78 is 0. The Morgan fingerprint density at radius 2 is 1.71 bits per heavy atom. The zero-order valence-corrected chi connectivity index (χ0v) is 10.9. The van der Waals surface area contributed by atoms with E-state index in [1.807, 2.05) is 24.3 Å². The molecule has 0 fully saturated rings. The lowest BCUT2D eigenvalue weighted by atomic mass is 10.0. The van der Waals surface area contributed by atoms with Crippen LogP contribution in [0.3, 0.4) is 0 Å². The van der Waals surface area contributed by atoms with Crippen LogP contribution in [0.5, 0.6) is 0 Å². The molecule has 0 aliphatic carbocycles. The van der Waals surface area contributed by atoms with Crippen LogP contribution in [0.4, 0.5) is 0 Å². The highest BCUT2D eigenvalue weighted by Gasteiger charge is 2.03. The van der Waals surface area contributed by atoms with Crippen molar-refractivity contribution in [3.05, 3.63) is 34.9 Å². The Hall–Kier alpha value is -0.860. The van der Waals surface area contributed by atoms with Crippen molar-refractivity contribution < 1.29 is 4.79 Å². The molecule has 0 spiro atoms. The largest absolute Gasteiger partial charge is 0.330 e. The maximum absolute atomic E-state index is 11.7. The van der Waals surface area contributed by atoms with Gasteiger partial charge in [-0.25, -0.2) is 0 Å². The molecule has 0 aromatic heterocycles. The first-order valence-electron chi connectivity index (χ1n) is 6.18. The van der Waals surface area contributed by atoms with Gasteiger partial charge in [-0.1, -0.05) is 36.6 Å². The predicted octanol–water partition coefficient (Wildman–Crippen LogP) is 3.36. The van der Waals surface area contributed by atoms with Crippen LogP contribution in [0.15, 0.2) is 24.3 Å². The molecule has 0 atom stereocenters. The third kappa shape index (κ3) is 6.44. The Balaban J connectivity index is 2.18. The molecule has 0 radical (unpaired) electrons. The SMILES string of the molecule is NCCCCCCC(=O)Cc1ccc(Cl)cc1. The van der Waals surface area contributed by atoms with E-state index >= 15 is 0 Å². The number of rotatable bonds is 8. The second-order valence-electron chi connectivity index (χ2n) is 4.29. The van der Waals surface area contributed by atoms with Gasteiger partial charge in [-0.15, -0.1) is 0 Å². The van der Waals surface area contributed by atoms with E-state index in [1.54, 1.807) is 0 Å². The van der Waals surface area contributed by atoms with E-state index in [0.717, 1.165) is 37.8 Å². The van der Waals surface area contributed by atoms with Crippen LogP contribution < -0.4 is 5.73 Å². The van der Waals surface area contributed by atoms with Crippen molar-refractivity contribution >= 4 is 17.4 Å². The van der Waals surface area contributed by atoms with E-state index in [4.69, 9.17) is 17.3 Å². The van der Waals surface area contributed by atoms with Gasteiger partial charge in [0.05, 0.1) is 0 Å². The Morgan fingerprint density at radius 1 is 1.06 bits per heavy atom. The van der Waals surface area contributed by atoms with E-state index < -0.39 is 0 Å². The summed E-state index contributed by atoms with van der Waals surface area (Å²) in [6, 6.07) is 7.47. The summed E-state index contributed by atoms with van der Waals surface area (Å²) in [6.45, 7) is 0.749. The van der Waals surface area contributed by atoms with Crippen molar-refractivity contribution in [3.63, 3.8) is 0 Å². The van der Waals surface area contributed by atoms with Crippen molar-refractivity contribution in [2.24, 2.45) is 5.73 Å². The molecule has 0 unspecified atom stereocenters. The van der Waals surface area contributed by atoms with Gasteiger partial charge < -0.3 is 5.73 Å². The number of hydrogen-bond donors (Lipinski definition) is 1. The predicted molar refractivity (Wildman–Crippen MR) is 72.3 cm³/mol. The smallest absolute Gasteiger partial charge is 0.137 e. The molecule has 0 saturated heterocycles. The maximum atomic E-state index is 11.7. The number of Topliss-reactive ketones (excluding diaryl/α,β-unsaturated/α-hetero) is 1. The molecule has 1 aromatic rings. The molecule has 0 saturated carbocycles. The standard InChI is InChI=1S/C14H20ClNO/c15-13-8-6-12(7-9-13)11-14(17)5-3-1-2-4-10-16/h6-9H,1-5,10-11,16H2. The Morgan fingerprint density at radius 3 is 2.35 bits per heavy atom. The summed E-state index contributed by atoms with van der Waals surface area (Å²) in [5.74, 6) is 0.306. The van der Waals surface area contributed by atoms with Gasteiger partial charge >= 0.3 is 0 Å². The number of carbonyl (C=O) groups is 1. The fraction of sp³-hybridized carbons (Fsp3) is 0.500. The topological polar surface area (TPSA) is 43.1 Å². The molecule has 0 amide bonds. The summed E-state index contributed by atoms with van der Waals surface area (Å²) in [5.41, 5.74) is 6.45. The maximum Gasteiger partial charge on any atom is 0.137 e. The zero-order chi connectivity index (χ0) is 12.5. The molecule has 0 aliphatic heterocycles. The average Bonchev–Trinajstić information content (AvgIpc) is 2.32. The molecule has 17 heavy (non-hydrogen) atoms. The lowest BCUT2D eigenvalue weighted by molar-refractivity contribution is -0.118. The highest BCUT2D eigenvalue weighted by Crippen LogP contribution is 2.11. The first-order chi connectivity index (χ1) is 8.22. The van der Waals surface area contributed by atoms with Crippen LogP contribution in [-0.4, -0.2) is 12.3 Å². The van der Waals surface area contributed by atoms with Crippen LogP contribution in [0.25, 0.3) is 0 Å². The van der Waals surface area contributed by atoms with E-state index in [2.05, 4.69) is 0 Å². The molecule has 2 N–H and O–H groups in total. The minimum Gasteiger partial charge on any atom is -0.330 e. The fourth-order valence-electron chi connectivity index (χ4n) is 1.74. The lowest BCUT2D eigenvalue weighted by Gasteiger charge is -2.02. The van der Waals surface area contributed by atoms with Crippen LogP contribution in [0.1, 0.15) is 37.7 Å². The molecule has 94 valence electrons. The number of hydrogen-bond acceptors (Lipinski definition) is 2. The Labute approximate surface area is 108 Å². The number of halogens is 1. The number of nitrogens with two attached hydrogens (primary N) is 1. The Bertz CT molecular complexity index is 335. The van der Waals surface area contributed by atoms with Gasteiger partial charge in [-0.3, -0.25) is 4.79 Å². The van der Waals surface area contributed by atoms with Gasteiger partial charge in [-0.05, 0) is 37.1 Å². The number of benzene rings is 1. The van der Waals surface area contributed by atoms with E-state index in [0.29, 0.717) is 23.6 Å². The van der Waals surface area contributed by atoms with Gasteiger partial charge in [0.25, 0.3) is 0 Å². The first-order valence-corrected chi connectivity index (χ1v) is 6.56. The minimum absolute atomic E-state index is 0.306. The monoisotopic (exact) mass is 253 g/mol. The minimum atomic E-state index is 0.306.